The molecule has 0 aromatic heterocycles. The first kappa shape index (κ1) is 12.4. The smallest absolute Gasteiger partial charge is 0.156 e. The molecule has 2 nitrogen and oxygen atoms in total. The van der Waals surface area contributed by atoms with Crippen LogP contribution in [0, 0.1) is 12.8 Å². The number of fused-ring (bicyclic) bond motifs is 1. The monoisotopic (exact) mass is 254 g/mol. The van der Waals surface area contributed by atoms with Crippen LogP contribution in [-0.4, -0.2) is 18.0 Å². The zero-order valence-electron chi connectivity index (χ0n) is 11.3. The molecule has 2 atom stereocenters. The molecule has 98 valence electrons. The summed E-state index contributed by atoms with van der Waals surface area (Å²) < 4.78 is 5.91. The van der Waals surface area contributed by atoms with Crippen LogP contribution in [0.25, 0.3) is 6.08 Å². The molecule has 0 spiro atoms. The van der Waals surface area contributed by atoms with Crippen LogP contribution in [0.4, 0.5) is 0 Å². The number of allylic oxidation sites excluding steroid dienone is 1. The zero-order chi connectivity index (χ0) is 13.5. The first-order valence-corrected chi connectivity index (χ1v) is 6.71. The van der Waals surface area contributed by atoms with E-state index < -0.39 is 0 Å². The summed E-state index contributed by atoms with van der Waals surface area (Å²) in [5.41, 5.74) is 3.39. The van der Waals surface area contributed by atoms with Crippen LogP contribution in [0.1, 0.15) is 24.5 Å². The summed E-state index contributed by atoms with van der Waals surface area (Å²) in [5, 5.41) is 0. The molecular formula is C17H18O2. The normalized spacial score (nSPS) is 31.8. The number of benzene rings is 1. The Morgan fingerprint density at radius 3 is 2.95 bits per heavy atom. The van der Waals surface area contributed by atoms with Gasteiger partial charge in [-0.25, -0.2) is 0 Å². The van der Waals surface area contributed by atoms with Gasteiger partial charge in [-0.2, -0.15) is 0 Å². The molecule has 1 aliphatic carbocycles. The van der Waals surface area contributed by atoms with Crippen molar-refractivity contribution < 1.29 is 9.53 Å². The average molecular weight is 254 g/mol. The van der Waals surface area contributed by atoms with Crippen molar-refractivity contribution >= 4 is 11.9 Å². The standard InChI is InChI=1S/C17H18O2/c1-12-5-3-4-6-13(12)9-14-11-19-17(2)8-7-15(18)10-16(14)17/h3-9,16H,10-11H2,1-2H3/b14-9+/t16-,17-/m0/s1. The van der Waals surface area contributed by atoms with Crippen molar-refractivity contribution in [3.8, 4) is 0 Å². The molecule has 0 amide bonds. The van der Waals surface area contributed by atoms with Gasteiger partial charge in [0.2, 0.25) is 0 Å². The predicted octanol–water partition coefficient (Wildman–Crippen LogP) is 3.31. The molecule has 1 saturated heterocycles. The van der Waals surface area contributed by atoms with Crippen LogP contribution < -0.4 is 0 Å². The van der Waals surface area contributed by atoms with E-state index in [1.54, 1.807) is 6.08 Å². The topological polar surface area (TPSA) is 26.3 Å². The Hall–Kier alpha value is -1.67. The van der Waals surface area contributed by atoms with Gasteiger partial charge in [0.25, 0.3) is 0 Å². The van der Waals surface area contributed by atoms with E-state index >= 15 is 0 Å². The summed E-state index contributed by atoms with van der Waals surface area (Å²) in [7, 11) is 0. The van der Waals surface area contributed by atoms with Gasteiger partial charge in [-0.15, -0.1) is 0 Å². The van der Waals surface area contributed by atoms with E-state index in [1.807, 2.05) is 18.2 Å². The molecule has 3 rings (SSSR count). The van der Waals surface area contributed by atoms with Crippen LogP contribution in [0.3, 0.4) is 0 Å². The summed E-state index contributed by atoms with van der Waals surface area (Å²) in [5.74, 6) is 0.383. The van der Waals surface area contributed by atoms with Gasteiger partial charge in [0.15, 0.2) is 5.78 Å². The fourth-order valence-corrected chi connectivity index (χ4v) is 2.92. The molecule has 1 aliphatic heterocycles. The third-order valence-corrected chi connectivity index (χ3v) is 4.22. The largest absolute Gasteiger partial charge is 0.366 e. The highest BCUT2D eigenvalue weighted by atomic mass is 16.5. The highest BCUT2D eigenvalue weighted by Gasteiger charge is 2.44. The van der Waals surface area contributed by atoms with E-state index in [0.717, 1.165) is 0 Å². The van der Waals surface area contributed by atoms with Gasteiger partial charge in [-0.05, 0) is 42.7 Å². The number of ketones is 1. The van der Waals surface area contributed by atoms with Gasteiger partial charge >= 0.3 is 0 Å². The highest BCUT2D eigenvalue weighted by molar-refractivity contribution is 5.91. The van der Waals surface area contributed by atoms with Crippen molar-refractivity contribution in [2.45, 2.75) is 25.9 Å². The number of carbonyl (C=O) groups is 1. The molecule has 0 bridgehead atoms. The van der Waals surface area contributed by atoms with Crippen molar-refractivity contribution in [1.82, 2.24) is 0 Å². The average Bonchev–Trinajstić information content (AvgIpc) is 2.70. The first-order valence-electron chi connectivity index (χ1n) is 6.71. The first-order chi connectivity index (χ1) is 9.08. The molecule has 2 aliphatic rings. The minimum absolute atomic E-state index is 0.185. The molecule has 1 heterocycles. The number of carbonyl (C=O) groups excluding carboxylic acids is 1. The van der Waals surface area contributed by atoms with Gasteiger partial charge in [0.05, 0.1) is 12.2 Å². The Bertz CT molecular complexity index is 583. The molecule has 0 N–H and O–H groups in total. The summed E-state index contributed by atoms with van der Waals surface area (Å²) in [6.45, 7) is 4.79. The number of hydrogen-bond acceptors (Lipinski definition) is 2. The van der Waals surface area contributed by atoms with Crippen molar-refractivity contribution in [2.75, 3.05) is 6.61 Å². The molecule has 1 aromatic carbocycles. The summed E-state index contributed by atoms with van der Waals surface area (Å²) in [6.07, 6.45) is 6.33. The molecule has 1 fully saturated rings. The van der Waals surface area contributed by atoms with Crippen LogP contribution in [0.15, 0.2) is 42.0 Å². The minimum atomic E-state index is -0.303. The fraction of sp³-hybridized carbons (Fsp3) is 0.353. The molecule has 19 heavy (non-hydrogen) atoms. The van der Waals surface area contributed by atoms with E-state index in [0.29, 0.717) is 13.0 Å². The van der Waals surface area contributed by atoms with E-state index in [9.17, 15) is 4.79 Å². The zero-order valence-corrected chi connectivity index (χ0v) is 11.3. The molecule has 0 unspecified atom stereocenters. The number of rotatable bonds is 1. The van der Waals surface area contributed by atoms with Crippen LogP contribution in [0.2, 0.25) is 0 Å². The lowest BCUT2D eigenvalue weighted by atomic mass is 9.78. The molecule has 0 radical (unpaired) electrons. The highest BCUT2D eigenvalue weighted by Crippen LogP contribution is 2.42. The lowest BCUT2D eigenvalue weighted by Crippen LogP contribution is -2.34. The maximum Gasteiger partial charge on any atom is 0.156 e. The van der Waals surface area contributed by atoms with Gasteiger partial charge in [0.1, 0.15) is 0 Å². The third kappa shape index (κ3) is 2.17. The van der Waals surface area contributed by atoms with Gasteiger partial charge in [0, 0.05) is 12.3 Å². The Morgan fingerprint density at radius 1 is 1.37 bits per heavy atom. The second kappa shape index (κ2) is 4.46. The molecule has 0 saturated carbocycles. The second-order valence-corrected chi connectivity index (χ2v) is 5.60. The van der Waals surface area contributed by atoms with E-state index in [2.05, 4.69) is 32.1 Å². The summed E-state index contributed by atoms with van der Waals surface area (Å²) in [4.78, 5) is 11.6. The quantitative estimate of drug-likeness (QED) is 0.768. The van der Waals surface area contributed by atoms with Gasteiger partial charge < -0.3 is 4.74 Å². The van der Waals surface area contributed by atoms with Crippen LogP contribution >= 0.6 is 0 Å². The molecule has 1 aromatic rings. The van der Waals surface area contributed by atoms with Crippen molar-refractivity contribution in [2.24, 2.45) is 5.92 Å². The number of hydrogen-bond donors (Lipinski definition) is 0. The van der Waals surface area contributed by atoms with Gasteiger partial charge in [-0.1, -0.05) is 30.3 Å². The number of aryl methyl sites for hydroxylation is 1. The Balaban J connectivity index is 1.97. The summed E-state index contributed by atoms with van der Waals surface area (Å²) >= 11 is 0. The SMILES string of the molecule is Cc1ccccc1/C=C1\CO[C@@]2(C)C=CC(=O)C[C@@H]12. The predicted molar refractivity (Wildman–Crippen MR) is 75.8 cm³/mol. The maximum atomic E-state index is 11.6. The lowest BCUT2D eigenvalue weighted by Gasteiger charge is -2.29. The molecule has 2 heteroatoms. The second-order valence-electron chi connectivity index (χ2n) is 5.60. The Labute approximate surface area is 113 Å². The van der Waals surface area contributed by atoms with E-state index in [1.165, 1.54) is 16.7 Å². The van der Waals surface area contributed by atoms with Crippen molar-refractivity contribution in [1.29, 1.82) is 0 Å². The third-order valence-electron chi connectivity index (χ3n) is 4.22. The van der Waals surface area contributed by atoms with Crippen LogP contribution in [0.5, 0.6) is 0 Å². The fourth-order valence-electron chi connectivity index (χ4n) is 2.92. The maximum absolute atomic E-state index is 11.6. The number of ether oxygens (including phenoxy) is 1. The Morgan fingerprint density at radius 2 is 2.16 bits per heavy atom. The lowest BCUT2D eigenvalue weighted by molar-refractivity contribution is -0.117. The molecular weight excluding hydrogens is 236 g/mol. The van der Waals surface area contributed by atoms with Crippen LogP contribution in [-0.2, 0) is 9.53 Å². The van der Waals surface area contributed by atoms with Crippen molar-refractivity contribution in [3.63, 3.8) is 0 Å². The summed E-state index contributed by atoms with van der Waals surface area (Å²) in [6, 6.07) is 8.30. The Kier molecular flexibility index (Phi) is 2.90. The van der Waals surface area contributed by atoms with E-state index in [4.69, 9.17) is 4.74 Å². The van der Waals surface area contributed by atoms with Gasteiger partial charge in [-0.3, -0.25) is 4.79 Å². The minimum Gasteiger partial charge on any atom is -0.366 e. The van der Waals surface area contributed by atoms with E-state index in [-0.39, 0.29) is 17.3 Å². The van der Waals surface area contributed by atoms with Crippen molar-refractivity contribution in [3.05, 3.63) is 53.1 Å².